The van der Waals surface area contributed by atoms with E-state index in [1.807, 2.05) is 53.4 Å². The van der Waals surface area contributed by atoms with Crippen molar-refractivity contribution < 1.29 is 14.3 Å². The standard InChI is InChI=1S/C26H35N3O3/c1-19(2)13-16-32-24-6-4-5-23(17-24)28-25(30)18-27-22-9-7-21(8-10-22)26(31)29-14-11-20(3)12-15-29/h4-10,17,19-20,27H,11-16,18H2,1-3H3,(H,28,30). The molecule has 1 aliphatic rings. The molecule has 3 rings (SSSR count). The van der Waals surface area contributed by atoms with Gasteiger partial charge in [0.05, 0.1) is 13.2 Å². The first kappa shape index (κ1) is 23.6. The van der Waals surface area contributed by atoms with Gasteiger partial charge in [0.1, 0.15) is 5.75 Å². The van der Waals surface area contributed by atoms with Gasteiger partial charge in [-0.15, -0.1) is 0 Å². The van der Waals surface area contributed by atoms with Crippen LogP contribution in [0.3, 0.4) is 0 Å². The Morgan fingerprint density at radius 1 is 1.06 bits per heavy atom. The number of likely N-dealkylation sites (tertiary alicyclic amines) is 1. The van der Waals surface area contributed by atoms with Crippen molar-refractivity contribution in [3.63, 3.8) is 0 Å². The van der Waals surface area contributed by atoms with Gasteiger partial charge in [-0.2, -0.15) is 0 Å². The number of piperidine rings is 1. The number of hydrogen-bond donors (Lipinski definition) is 2. The van der Waals surface area contributed by atoms with E-state index in [9.17, 15) is 9.59 Å². The summed E-state index contributed by atoms with van der Waals surface area (Å²) in [5.41, 5.74) is 2.19. The second-order valence-electron chi connectivity index (χ2n) is 9.01. The molecule has 0 bridgehead atoms. The maximum absolute atomic E-state index is 12.6. The SMILES string of the molecule is CC(C)CCOc1cccc(NC(=O)CNc2ccc(C(=O)N3CCC(C)CC3)cc2)c1. The molecule has 32 heavy (non-hydrogen) atoms. The first-order chi connectivity index (χ1) is 15.4. The van der Waals surface area contributed by atoms with Crippen LogP contribution in [-0.4, -0.2) is 43.0 Å². The Morgan fingerprint density at radius 2 is 1.78 bits per heavy atom. The van der Waals surface area contributed by atoms with E-state index in [4.69, 9.17) is 4.74 Å². The molecule has 2 amide bonds. The van der Waals surface area contributed by atoms with Crippen LogP contribution in [0.25, 0.3) is 0 Å². The normalized spacial score (nSPS) is 14.3. The Morgan fingerprint density at radius 3 is 2.47 bits per heavy atom. The Kier molecular flexibility index (Phi) is 8.54. The van der Waals surface area contributed by atoms with Crippen LogP contribution in [0, 0.1) is 11.8 Å². The van der Waals surface area contributed by atoms with E-state index in [0.717, 1.165) is 43.8 Å². The number of nitrogens with one attached hydrogen (secondary N) is 2. The summed E-state index contributed by atoms with van der Waals surface area (Å²) < 4.78 is 5.75. The van der Waals surface area contributed by atoms with Gasteiger partial charge in [-0.25, -0.2) is 0 Å². The molecular weight excluding hydrogens is 402 g/mol. The molecule has 172 valence electrons. The topological polar surface area (TPSA) is 70.7 Å². The summed E-state index contributed by atoms with van der Waals surface area (Å²) in [5.74, 6) is 1.96. The van der Waals surface area contributed by atoms with E-state index in [2.05, 4.69) is 31.4 Å². The molecule has 6 nitrogen and oxygen atoms in total. The second kappa shape index (κ2) is 11.6. The first-order valence-corrected chi connectivity index (χ1v) is 11.6. The summed E-state index contributed by atoms with van der Waals surface area (Å²) in [7, 11) is 0. The fourth-order valence-corrected chi connectivity index (χ4v) is 3.59. The van der Waals surface area contributed by atoms with Crippen molar-refractivity contribution in [1.82, 2.24) is 4.90 Å². The average Bonchev–Trinajstić information content (AvgIpc) is 2.78. The molecule has 0 saturated carbocycles. The molecule has 1 saturated heterocycles. The molecule has 0 spiro atoms. The number of hydrogen-bond acceptors (Lipinski definition) is 4. The van der Waals surface area contributed by atoms with Crippen molar-refractivity contribution in [2.75, 3.05) is 36.9 Å². The van der Waals surface area contributed by atoms with Crippen molar-refractivity contribution in [3.8, 4) is 5.75 Å². The predicted molar refractivity (Wildman–Crippen MR) is 129 cm³/mol. The zero-order valence-electron chi connectivity index (χ0n) is 19.4. The van der Waals surface area contributed by atoms with Gasteiger partial charge < -0.3 is 20.3 Å². The number of amides is 2. The lowest BCUT2D eigenvalue weighted by molar-refractivity contribution is -0.114. The zero-order chi connectivity index (χ0) is 22.9. The number of anilines is 2. The van der Waals surface area contributed by atoms with Crippen LogP contribution in [0.4, 0.5) is 11.4 Å². The first-order valence-electron chi connectivity index (χ1n) is 11.6. The van der Waals surface area contributed by atoms with Crippen molar-refractivity contribution in [1.29, 1.82) is 0 Å². The van der Waals surface area contributed by atoms with Crippen LogP contribution in [0.5, 0.6) is 5.75 Å². The second-order valence-corrected chi connectivity index (χ2v) is 9.01. The highest BCUT2D eigenvalue weighted by molar-refractivity contribution is 5.95. The molecular formula is C26H35N3O3. The lowest BCUT2D eigenvalue weighted by atomic mass is 9.98. The molecule has 1 heterocycles. The molecule has 2 aromatic rings. The van der Waals surface area contributed by atoms with Crippen LogP contribution >= 0.6 is 0 Å². The summed E-state index contributed by atoms with van der Waals surface area (Å²) in [6.45, 7) is 8.99. The van der Waals surface area contributed by atoms with E-state index in [-0.39, 0.29) is 18.4 Å². The van der Waals surface area contributed by atoms with Gasteiger partial charge in [-0.1, -0.05) is 26.8 Å². The van der Waals surface area contributed by atoms with E-state index in [1.54, 1.807) is 0 Å². The van der Waals surface area contributed by atoms with Crippen LogP contribution in [0.2, 0.25) is 0 Å². The summed E-state index contributed by atoms with van der Waals surface area (Å²) >= 11 is 0. The molecule has 1 aliphatic heterocycles. The third-order valence-electron chi connectivity index (χ3n) is 5.74. The van der Waals surface area contributed by atoms with Crippen molar-refractivity contribution >= 4 is 23.2 Å². The van der Waals surface area contributed by atoms with Gasteiger partial charge in [-0.05, 0) is 67.5 Å². The molecule has 2 N–H and O–H groups in total. The molecule has 0 aliphatic carbocycles. The maximum Gasteiger partial charge on any atom is 0.253 e. The molecule has 2 aromatic carbocycles. The smallest absolute Gasteiger partial charge is 0.253 e. The highest BCUT2D eigenvalue weighted by Crippen LogP contribution is 2.20. The van der Waals surface area contributed by atoms with Crippen LogP contribution in [-0.2, 0) is 4.79 Å². The number of ether oxygens (including phenoxy) is 1. The number of nitrogens with zero attached hydrogens (tertiary/aromatic N) is 1. The average molecular weight is 438 g/mol. The van der Waals surface area contributed by atoms with Gasteiger partial charge in [0, 0.05) is 36.1 Å². The van der Waals surface area contributed by atoms with Gasteiger partial charge >= 0.3 is 0 Å². The van der Waals surface area contributed by atoms with E-state index in [0.29, 0.717) is 29.7 Å². The minimum absolute atomic E-state index is 0.0803. The van der Waals surface area contributed by atoms with Gasteiger partial charge in [-0.3, -0.25) is 9.59 Å². The molecule has 0 atom stereocenters. The number of benzene rings is 2. The lowest BCUT2D eigenvalue weighted by Crippen LogP contribution is -2.37. The molecule has 0 aromatic heterocycles. The quantitative estimate of drug-likeness (QED) is 0.577. The fraction of sp³-hybridized carbons (Fsp3) is 0.462. The van der Waals surface area contributed by atoms with E-state index >= 15 is 0 Å². The molecule has 1 fully saturated rings. The zero-order valence-corrected chi connectivity index (χ0v) is 19.4. The summed E-state index contributed by atoms with van der Waals surface area (Å²) in [6.07, 6.45) is 3.11. The van der Waals surface area contributed by atoms with Gasteiger partial charge in [0.25, 0.3) is 5.91 Å². The van der Waals surface area contributed by atoms with Crippen molar-refractivity contribution in [2.24, 2.45) is 11.8 Å². The van der Waals surface area contributed by atoms with Crippen LogP contribution < -0.4 is 15.4 Å². The molecule has 0 unspecified atom stereocenters. The molecule has 6 heteroatoms. The fourth-order valence-electron chi connectivity index (χ4n) is 3.59. The number of rotatable bonds is 9. The minimum Gasteiger partial charge on any atom is -0.494 e. The Hall–Kier alpha value is -3.02. The van der Waals surface area contributed by atoms with E-state index < -0.39 is 0 Å². The van der Waals surface area contributed by atoms with Crippen LogP contribution in [0.15, 0.2) is 48.5 Å². The third kappa shape index (κ3) is 7.29. The van der Waals surface area contributed by atoms with Gasteiger partial charge in [0.15, 0.2) is 0 Å². The largest absolute Gasteiger partial charge is 0.494 e. The summed E-state index contributed by atoms with van der Waals surface area (Å²) in [4.78, 5) is 26.9. The summed E-state index contributed by atoms with van der Waals surface area (Å²) in [5, 5.41) is 6.00. The van der Waals surface area contributed by atoms with E-state index in [1.165, 1.54) is 0 Å². The number of carbonyl (C=O) groups excluding carboxylic acids is 2. The monoisotopic (exact) mass is 437 g/mol. The van der Waals surface area contributed by atoms with Crippen molar-refractivity contribution in [3.05, 3.63) is 54.1 Å². The predicted octanol–water partition coefficient (Wildman–Crippen LogP) is 5.03. The Balaban J connectivity index is 1.45. The molecule has 0 radical (unpaired) electrons. The maximum atomic E-state index is 12.6. The highest BCUT2D eigenvalue weighted by Gasteiger charge is 2.21. The Bertz CT molecular complexity index is 887. The lowest BCUT2D eigenvalue weighted by Gasteiger charge is -2.30. The van der Waals surface area contributed by atoms with Crippen LogP contribution in [0.1, 0.15) is 50.4 Å². The summed E-state index contributed by atoms with van der Waals surface area (Å²) in [6, 6.07) is 14.8. The third-order valence-corrected chi connectivity index (χ3v) is 5.74. The van der Waals surface area contributed by atoms with Gasteiger partial charge in [0.2, 0.25) is 5.91 Å². The number of carbonyl (C=O) groups is 2. The van der Waals surface area contributed by atoms with Crippen molar-refractivity contribution in [2.45, 2.75) is 40.0 Å². The Labute approximate surface area is 191 Å². The minimum atomic E-state index is -0.146. The highest BCUT2D eigenvalue weighted by atomic mass is 16.5.